The first-order valence-electron chi connectivity index (χ1n) is 2.93. The van der Waals surface area contributed by atoms with Crippen molar-refractivity contribution in [2.24, 2.45) is 5.73 Å². The highest BCUT2D eigenvalue weighted by atomic mass is 16.6. The number of rotatable bonds is 0. The average Bonchev–Trinajstić information content (AvgIpc) is 1.80. The highest BCUT2D eigenvalue weighted by molar-refractivity contribution is 4.74. The maximum atomic E-state index is 8.88. The average molecular weight is 133 g/mol. The number of aliphatic hydroxyl groups excluding tert-OH is 2. The molecule has 3 atom stereocenters. The van der Waals surface area contributed by atoms with Crippen LogP contribution in [0.5, 0.6) is 0 Å². The lowest BCUT2D eigenvalue weighted by atomic mass is 10.1. The zero-order valence-electron chi connectivity index (χ0n) is 5.03. The molecule has 1 aliphatic heterocycles. The predicted molar refractivity (Wildman–Crippen MR) is 30.6 cm³/mol. The molecule has 2 unspecified atom stereocenters. The summed E-state index contributed by atoms with van der Waals surface area (Å²) in [6.07, 6.45) is -0.988. The normalized spacial score (nSPS) is 45.0. The van der Waals surface area contributed by atoms with Crippen LogP contribution >= 0.6 is 0 Å². The third-order valence-corrected chi connectivity index (χ3v) is 1.37. The van der Waals surface area contributed by atoms with Gasteiger partial charge in [0.25, 0.3) is 0 Å². The molecular formula is C5H11NO3. The van der Waals surface area contributed by atoms with E-state index in [2.05, 4.69) is 4.74 Å². The third-order valence-electron chi connectivity index (χ3n) is 1.37. The minimum absolute atomic E-state index is 0.189. The van der Waals surface area contributed by atoms with Crippen molar-refractivity contribution in [2.45, 2.75) is 24.9 Å². The molecule has 54 valence electrons. The highest BCUT2D eigenvalue weighted by Gasteiger charge is 2.25. The molecule has 0 aromatic carbocycles. The van der Waals surface area contributed by atoms with E-state index in [9.17, 15) is 0 Å². The van der Waals surface area contributed by atoms with Gasteiger partial charge >= 0.3 is 0 Å². The molecule has 4 heteroatoms. The predicted octanol–water partition coefficient (Wildman–Crippen LogP) is -1.59. The van der Waals surface area contributed by atoms with Crippen molar-refractivity contribution in [1.82, 2.24) is 0 Å². The van der Waals surface area contributed by atoms with Crippen molar-refractivity contribution in [1.29, 1.82) is 0 Å². The fourth-order valence-corrected chi connectivity index (χ4v) is 0.832. The Morgan fingerprint density at radius 1 is 1.44 bits per heavy atom. The SMILES string of the molecule is NC1CC(O)CO[C@H]1O. The van der Waals surface area contributed by atoms with E-state index >= 15 is 0 Å². The summed E-state index contributed by atoms with van der Waals surface area (Å²) in [5.74, 6) is 0. The van der Waals surface area contributed by atoms with Gasteiger partial charge in [-0.3, -0.25) is 0 Å². The van der Waals surface area contributed by atoms with Gasteiger partial charge in [0.1, 0.15) is 0 Å². The van der Waals surface area contributed by atoms with E-state index in [-0.39, 0.29) is 6.61 Å². The van der Waals surface area contributed by atoms with Crippen molar-refractivity contribution in [3.63, 3.8) is 0 Å². The molecule has 1 saturated heterocycles. The van der Waals surface area contributed by atoms with Crippen LogP contribution in [0.4, 0.5) is 0 Å². The topological polar surface area (TPSA) is 75.7 Å². The zero-order chi connectivity index (χ0) is 6.85. The van der Waals surface area contributed by atoms with Crippen LogP contribution in [0.25, 0.3) is 0 Å². The van der Waals surface area contributed by atoms with Crippen LogP contribution in [0.15, 0.2) is 0 Å². The van der Waals surface area contributed by atoms with Gasteiger partial charge in [0.15, 0.2) is 6.29 Å². The maximum absolute atomic E-state index is 8.88. The fourth-order valence-electron chi connectivity index (χ4n) is 0.832. The smallest absolute Gasteiger partial charge is 0.169 e. The van der Waals surface area contributed by atoms with Gasteiger partial charge in [-0.2, -0.15) is 0 Å². The molecule has 9 heavy (non-hydrogen) atoms. The van der Waals surface area contributed by atoms with Gasteiger partial charge in [-0.15, -0.1) is 0 Å². The van der Waals surface area contributed by atoms with Crippen LogP contribution in [0, 0.1) is 0 Å². The Balaban J connectivity index is 2.35. The van der Waals surface area contributed by atoms with Crippen LogP contribution in [0.1, 0.15) is 6.42 Å². The van der Waals surface area contributed by atoms with E-state index in [4.69, 9.17) is 15.9 Å². The molecule has 1 heterocycles. The quantitative estimate of drug-likeness (QED) is 0.372. The van der Waals surface area contributed by atoms with Crippen molar-refractivity contribution >= 4 is 0 Å². The Kier molecular flexibility index (Phi) is 2.02. The lowest BCUT2D eigenvalue weighted by molar-refractivity contribution is -0.166. The molecule has 0 aliphatic carbocycles. The van der Waals surface area contributed by atoms with Crippen LogP contribution in [0.3, 0.4) is 0 Å². The largest absolute Gasteiger partial charge is 0.391 e. The standard InChI is InChI=1S/C5H11NO3/c6-4-1-3(7)2-9-5(4)8/h3-5,7-8H,1-2,6H2/t3?,4?,5-/m1/s1. The Morgan fingerprint density at radius 2 is 2.11 bits per heavy atom. The monoisotopic (exact) mass is 133 g/mol. The minimum atomic E-state index is -0.895. The Labute approximate surface area is 53.2 Å². The molecule has 0 aromatic heterocycles. The van der Waals surface area contributed by atoms with Gasteiger partial charge < -0.3 is 20.7 Å². The van der Waals surface area contributed by atoms with Crippen molar-refractivity contribution in [3.8, 4) is 0 Å². The van der Waals surface area contributed by atoms with Gasteiger partial charge in [-0.05, 0) is 6.42 Å². The molecule has 1 fully saturated rings. The van der Waals surface area contributed by atoms with Gasteiger partial charge in [-0.1, -0.05) is 0 Å². The first-order chi connectivity index (χ1) is 4.20. The first kappa shape index (κ1) is 6.95. The van der Waals surface area contributed by atoms with Gasteiger partial charge in [0.05, 0.1) is 18.8 Å². The number of aliphatic hydroxyl groups is 2. The highest BCUT2D eigenvalue weighted by Crippen LogP contribution is 2.09. The van der Waals surface area contributed by atoms with E-state index < -0.39 is 18.4 Å². The van der Waals surface area contributed by atoms with E-state index in [1.54, 1.807) is 0 Å². The summed E-state index contributed by atoms with van der Waals surface area (Å²) >= 11 is 0. The Bertz CT molecular complexity index is 98.2. The van der Waals surface area contributed by atoms with Crippen LogP contribution in [-0.4, -0.2) is 35.3 Å². The molecule has 0 radical (unpaired) electrons. The molecule has 1 aliphatic rings. The third kappa shape index (κ3) is 1.62. The second-order valence-corrected chi connectivity index (χ2v) is 2.28. The molecule has 4 N–H and O–H groups in total. The maximum Gasteiger partial charge on any atom is 0.169 e. The summed E-state index contributed by atoms with van der Waals surface area (Å²) in [5.41, 5.74) is 5.33. The van der Waals surface area contributed by atoms with Crippen LogP contribution in [0.2, 0.25) is 0 Å². The van der Waals surface area contributed by atoms with Gasteiger partial charge in [0, 0.05) is 0 Å². The van der Waals surface area contributed by atoms with E-state index in [0.717, 1.165) is 0 Å². The van der Waals surface area contributed by atoms with E-state index in [1.807, 2.05) is 0 Å². The lowest BCUT2D eigenvalue weighted by Gasteiger charge is -2.27. The summed E-state index contributed by atoms with van der Waals surface area (Å²) in [6, 6.07) is -0.436. The molecule has 1 rings (SSSR count). The van der Waals surface area contributed by atoms with E-state index in [1.165, 1.54) is 0 Å². The number of ether oxygens (including phenoxy) is 1. The Hall–Kier alpha value is -0.160. The van der Waals surface area contributed by atoms with Crippen molar-refractivity contribution in [2.75, 3.05) is 6.61 Å². The lowest BCUT2D eigenvalue weighted by Crippen LogP contribution is -2.46. The summed E-state index contributed by atoms with van der Waals surface area (Å²) in [5, 5.41) is 17.7. The molecular weight excluding hydrogens is 122 g/mol. The van der Waals surface area contributed by atoms with Gasteiger partial charge in [-0.25, -0.2) is 0 Å². The molecule has 0 aromatic rings. The van der Waals surface area contributed by atoms with Crippen molar-refractivity contribution in [3.05, 3.63) is 0 Å². The fraction of sp³-hybridized carbons (Fsp3) is 1.00. The molecule has 4 nitrogen and oxygen atoms in total. The van der Waals surface area contributed by atoms with Crippen molar-refractivity contribution < 1.29 is 14.9 Å². The minimum Gasteiger partial charge on any atom is -0.391 e. The first-order valence-corrected chi connectivity index (χ1v) is 2.93. The zero-order valence-corrected chi connectivity index (χ0v) is 5.03. The van der Waals surface area contributed by atoms with E-state index in [0.29, 0.717) is 6.42 Å². The Morgan fingerprint density at radius 3 is 2.56 bits per heavy atom. The number of hydrogen-bond donors (Lipinski definition) is 3. The number of hydrogen-bond acceptors (Lipinski definition) is 4. The van der Waals surface area contributed by atoms with Crippen LogP contribution < -0.4 is 5.73 Å². The molecule has 0 amide bonds. The van der Waals surface area contributed by atoms with Gasteiger partial charge in [0.2, 0.25) is 0 Å². The number of nitrogens with two attached hydrogens (primary N) is 1. The van der Waals surface area contributed by atoms with Crippen LogP contribution in [-0.2, 0) is 4.74 Å². The molecule has 0 bridgehead atoms. The molecule has 0 spiro atoms. The summed E-state index contributed by atoms with van der Waals surface area (Å²) < 4.78 is 4.68. The second kappa shape index (κ2) is 2.62. The molecule has 0 saturated carbocycles. The second-order valence-electron chi connectivity index (χ2n) is 2.28. The summed E-state index contributed by atoms with van der Waals surface area (Å²) in [4.78, 5) is 0. The summed E-state index contributed by atoms with van der Waals surface area (Å²) in [7, 11) is 0. The summed E-state index contributed by atoms with van der Waals surface area (Å²) in [6.45, 7) is 0.189.